The molecule has 0 aliphatic heterocycles. The largest absolute Gasteiger partial charge is 0.299 e. The van der Waals surface area contributed by atoms with E-state index in [1.807, 2.05) is 0 Å². The number of rotatable bonds is 4. The van der Waals surface area contributed by atoms with E-state index in [4.69, 9.17) is 0 Å². The highest BCUT2D eigenvalue weighted by Gasteiger charge is 2.12. The summed E-state index contributed by atoms with van der Waals surface area (Å²) in [5.74, 6) is 0.302. The molecule has 0 bridgehead atoms. The quantitative estimate of drug-likeness (QED) is 0.821. The van der Waals surface area contributed by atoms with E-state index in [2.05, 4.69) is 50.2 Å². The van der Waals surface area contributed by atoms with Crippen LogP contribution in [0.25, 0.3) is 0 Å². The molecule has 0 fully saturated rings. The minimum Gasteiger partial charge on any atom is -0.299 e. The molecule has 2 aromatic carbocycles. The molecule has 2 aromatic rings. The SMILES string of the molecule is Cc1ccc(CC(=O)Cc2ccc3c(c2)CCC3)cc1C. The first kappa shape index (κ1) is 14.1. The van der Waals surface area contributed by atoms with Crippen LogP contribution in [0.15, 0.2) is 36.4 Å². The van der Waals surface area contributed by atoms with Gasteiger partial charge in [0.05, 0.1) is 0 Å². The number of aryl methyl sites for hydroxylation is 4. The highest BCUT2D eigenvalue weighted by atomic mass is 16.1. The number of carbonyl (C=O) groups is 1. The lowest BCUT2D eigenvalue weighted by molar-refractivity contribution is -0.117. The number of fused-ring (bicyclic) bond motifs is 1. The zero-order valence-corrected chi connectivity index (χ0v) is 12.9. The number of ketones is 1. The van der Waals surface area contributed by atoms with Crippen LogP contribution < -0.4 is 0 Å². The Morgan fingerprint density at radius 2 is 1.52 bits per heavy atom. The lowest BCUT2D eigenvalue weighted by Gasteiger charge is -2.07. The smallest absolute Gasteiger partial charge is 0.141 e. The summed E-state index contributed by atoms with van der Waals surface area (Å²) in [5, 5.41) is 0. The molecule has 0 heterocycles. The molecule has 0 unspecified atom stereocenters. The summed E-state index contributed by atoms with van der Waals surface area (Å²) in [7, 11) is 0. The first-order chi connectivity index (χ1) is 10.1. The molecule has 1 aliphatic carbocycles. The molecule has 0 N–H and O–H groups in total. The zero-order chi connectivity index (χ0) is 14.8. The standard InChI is InChI=1S/C20H22O/c1-14-6-7-16(10-15(14)2)12-20(21)13-17-8-9-18-4-3-5-19(18)11-17/h6-11H,3-5,12-13H2,1-2H3. The van der Waals surface area contributed by atoms with Crippen molar-refractivity contribution in [1.82, 2.24) is 0 Å². The lowest BCUT2D eigenvalue weighted by Crippen LogP contribution is -2.07. The third-order valence-electron chi connectivity index (χ3n) is 4.54. The van der Waals surface area contributed by atoms with Crippen LogP contribution in [0.4, 0.5) is 0 Å². The average Bonchev–Trinajstić information content (AvgIpc) is 2.90. The van der Waals surface area contributed by atoms with Crippen LogP contribution in [-0.2, 0) is 30.5 Å². The molecule has 0 radical (unpaired) electrons. The second kappa shape index (κ2) is 5.85. The van der Waals surface area contributed by atoms with Crippen molar-refractivity contribution in [2.45, 2.75) is 46.0 Å². The van der Waals surface area contributed by atoms with E-state index in [1.54, 1.807) is 0 Å². The van der Waals surface area contributed by atoms with E-state index in [-0.39, 0.29) is 0 Å². The van der Waals surface area contributed by atoms with Gasteiger partial charge in [-0.3, -0.25) is 4.79 Å². The van der Waals surface area contributed by atoms with Crippen molar-refractivity contribution in [3.05, 3.63) is 69.8 Å². The first-order valence-electron chi connectivity index (χ1n) is 7.80. The lowest BCUT2D eigenvalue weighted by atomic mass is 9.98. The van der Waals surface area contributed by atoms with E-state index in [0.717, 1.165) is 5.56 Å². The number of Topliss-reactive ketones (excluding diaryl/α,β-unsaturated/α-hetero) is 1. The van der Waals surface area contributed by atoms with E-state index in [1.165, 1.54) is 47.1 Å². The molecule has 0 saturated heterocycles. The van der Waals surface area contributed by atoms with Gasteiger partial charge in [-0.25, -0.2) is 0 Å². The Morgan fingerprint density at radius 3 is 2.29 bits per heavy atom. The van der Waals surface area contributed by atoms with Crippen LogP contribution in [0.1, 0.15) is 39.8 Å². The monoisotopic (exact) mass is 278 g/mol. The van der Waals surface area contributed by atoms with Gasteiger partial charge < -0.3 is 0 Å². The highest BCUT2D eigenvalue weighted by molar-refractivity contribution is 5.83. The fraction of sp³-hybridized carbons (Fsp3) is 0.350. The van der Waals surface area contributed by atoms with Crippen molar-refractivity contribution < 1.29 is 4.79 Å². The Kier molecular flexibility index (Phi) is 3.92. The molecule has 0 atom stereocenters. The maximum Gasteiger partial charge on any atom is 0.141 e. The van der Waals surface area contributed by atoms with Crippen molar-refractivity contribution in [3.63, 3.8) is 0 Å². The van der Waals surface area contributed by atoms with Crippen LogP contribution >= 0.6 is 0 Å². The number of hydrogen-bond acceptors (Lipinski definition) is 1. The fourth-order valence-electron chi connectivity index (χ4n) is 3.17. The van der Waals surface area contributed by atoms with Gasteiger partial charge in [-0.2, -0.15) is 0 Å². The van der Waals surface area contributed by atoms with Crippen LogP contribution in [0.3, 0.4) is 0 Å². The summed E-state index contributed by atoms with van der Waals surface area (Å²) in [4.78, 5) is 12.3. The molecule has 0 aromatic heterocycles. The Hall–Kier alpha value is -1.89. The summed E-state index contributed by atoms with van der Waals surface area (Å²) < 4.78 is 0. The van der Waals surface area contributed by atoms with Gasteiger partial charge in [-0.05, 0) is 66.5 Å². The molecule has 0 amide bonds. The predicted molar refractivity (Wildman–Crippen MR) is 86.8 cm³/mol. The van der Waals surface area contributed by atoms with E-state index >= 15 is 0 Å². The summed E-state index contributed by atoms with van der Waals surface area (Å²) in [6.07, 6.45) is 4.73. The molecule has 0 saturated carbocycles. The Labute approximate surface area is 127 Å². The van der Waals surface area contributed by atoms with Crippen molar-refractivity contribution >= 4 is 5.78 Å². The highest BCUT2D eigenvalue weighted by Crippen LogP contribution is 2.23. The minimum atomic E-state index is 0.302. The molecule has 1 nitrogen and oxygen atoms in total. The number of carbonyl (C=O) groups excluding carboxylic acids is 1. The molecular weight excluding hydrogens is 256 g/mol. The van der Waals surface area contributed by atoms with Crippen LogP contribution in [0.2, 0.25) is 0 Å². The van der Waals surface area contributed by atoms with Gasteiger partial charge in [-0.15, -0.1) is 0 Å². The van der Waals surface area contributed by atoms with Gasteiger partial charge in [0.25, 0.3) is 0 Å². The maximum atomic E-state index is 12.3. The average molecular weight is 278 g/mol. The number of benzene rings is 2. The molecular formula is C20H22O. The summed E-state index contributed by atoms with van der Waals surface area (Å²) >= 11 is 0. The van der Waals surface area contributed by atoms with Gasteiger partial charge in [0, 0.05) is 12.8 Å². The summed E-state index contributed by atoms with van der Waals surface area (Å²) in [5.41, 5.74) is 7.77. The maximum absolute atomic E-state index is 12.3. The van der Waals surface area contributed by atoms with Gasteiger partial charge >= 0.3 is 0 Å². The van der Waals surface area contributed by atoms with Gasteiger partial charge in [0.15, 0.2) is 0 Å². The summed E-state index contributed by atoms with van der Waals surface area (Å²) in [6, 6.07) is 12.9. The fourth-order valence-corrected chi connectivity index (χ4v) is 3.17. The Balaban J connectivity index is 1.67. The van der Waals surface area contributed by atoms with E-state index in [9.17, 15) is 4.79 Å². The molecule has 0 spiro atoms. The van der Waals surface area contributed by atoms with Crippen LogP contribution in [-0.4, -0.2) is 5.78 Å². The minimum absolute atomic E-state index is 0.302. The van der Waals surface area contributed by atoms with Crippen LogP contribution in [0, 0.1) is 13.8 Å². The Morgan fingerprint density at radius 1 is 0.857 bits per heavy atom. The normalized spacial score (nSPS) is 13.2. The zero-order valence-electron chi connectivity index (χ0n) is 12.9. The van der Waals surface area contributed by atoms with Crippen LogP contribution in [0.5, 0.6) is 0 Å². The molecule has 1 aliphatic rings. The van der Waals surface area contributed by atoms with E-state index < -0.39 is 0 Å². The molecule has 1 heteroatoms. The van der Waals surface area contributed by atoms with E-state index in [0.29, 0.717) is 18.6 Å². The third kappa shape index (κ3) is 3.24. The van der Waals surface area contributed by atoms with Crippen molar-refractivity contribution in [2.24, 2.45) is 0 Å². The van der Waals surface area contributed by atoms with Crippen molar-refractivity contribution in [3.8, 4) is 0 Å². The van der Waals surface area contributed by atoms with Crippen molar-refractivity contribution in [2.75, 3.05) is 0 Å². The first-order valence-corrected chi connectivity index (χ1v) is 7.80. The second-order valence-corrected chi connectivity index (χ2v) is 6.27. The van der Waals surface area contributed by atoms with Crippen molar-refractivity contribution in [1.29, 1.82) is 0 Å². The second-order valence-electron chi connectivity index (χ2n) is 6.27. The molecule has 21 heavy (non-hydrogen) atoms. The summed E-state index contributed by atoms with van der Waals surface area (Å²) in [6.45, 7) is 4.20. The topological polar surface area (TPSA) is 17.1 Å². The molecule has 3 rings (SSSR count). The number of hydrogen-bond donors (Lipinski definition) is 0. The van der Waals surface area contributed by atoms with Gasteiger partial charge in [0.1, 0.15) is 5.78 Å². The van der Waals surface area contributed by atoms with Gasteiger partial charge in [-0.1, -0.05) is 36.4 Å². The predicted octanol–water partition coefficient (Wildman–Crippen LogP) is 4.15. The third-order valence-corrected chi connectivity index (χ3v) is 4.54. The van der Waals surface area contributed by atoms with Gasteiger partial charge in [0.2, 0.25) is 0 Å². The Bertz CT molecular complexity index is 682. The molecule has 108 valence electrons.